The SMILES string of the molecule is CC[C@@H](CO)NCc1cc(=O)oc2cc(OC)ccc12. The molecule has 1 atom stereocenters. The van der Waals surface area contributed by atoms with E-state index in [-0.39, 0.29) is 18.3 Å². The van der Waals surface area contributed by atoms with Crippen molar-refractivity contribution in [2.75, 3.05) is 13.7 Å². The van der Waals surface area contributed by atoms with Crippen LogP contribution in [0.3, 0.4) is 0 Å². The van der Waals surface area contributed by atoms with Gasteiger partial charge in [-0.15, -0.1) is 0 Å². The fourth-order valence-corrected chi connectivity index (χ4v) is 2.08. The highest BCUT2D eigenvalue weighted by Gasteiger charge is 2.09. The summed E-state index contributed by atoms with van der Waals surface area (Å²) in [4.78, 5) is 11.6. The quantitative estimate of drug-likeness (QED) is 0.786. The van der Waals surface area contributed by atoms with Crippen molar-refractivity contribution in [2.24, 2.45) is 0 Å². The van der Waals surface area contributed by atoms with Gasteiger partial charge in [-0.25, -0.2) is 4.79 Å². The van der Waals surface area contributed by atoms with E-state index in [0.29, 0.717) is 17.9 Å². The fraction of sp³-hybridized carbons (Fsp3) is 0.400. The van der Waals surface area contributed by atoms with Crippen LogP contribution >= 0.6 is 0 Å². The Morgan fingerprint density at radius 3 is 2.85 bits per heavy atom. The van der Waals surface area contributed by atoms with Gasteiger partial charge in [0.05, 0.1) is 13.7 Å². The van der Waals surface area contributed by atoms with Crippen molar-refractivity contribution in [3.05, 3.63) is 40.2 Å². The minimum absolute atomic E-state index is 0.0237. The van der Waals surface area contributed by atoms with E-state index in [1.165, 1.54) is 6.07 Å². The van der Waals surface area contributed by atoms with Crippen LogP contribution in [0.15, 0.2) is 33.5 Å². The van der Waals surface area contributed by atoms with Crippen LogP contribution in [0.4, 0.5) is 0 Å². The Labute approximate surface area is 117 Å². The first-order valence-electron chi connectivity index (χ1n) is 6.63. The number of aliphatic hydroxyl groups is 1. The second-order valence-corrected chi connectivity index (χ2v) is 4.62. The van der Waals surface area contributed by atoms with Crippen molar-refractivity contribution in [2.45, 2.75) is 25.9 Å². The van der Waals surface area contributed by atoms with Crippen molar-refractivity contribution in [3.8, 4) is 5.75 Å². The average molecular weight is 277 g/mol. The highest BCUT2D eigenvalue weighted by molar-refractivity contribution is 5.81. The van der Waals surface area contributed by atoms with E-state index in [9.17, 15) is 9.90 Å². The molecule has 0 spiro atoms. The third-order valence-electron chi connectivity index (χ3n) is 3.33. The molecule has 0 bridgehead atoms. The lowest BCUT2D eigenvalue weighted by Crippen LogP contribution is -2.31. The number of aliphatic hydroxyl groups excluding tert-OH is 1. The molecule has 0 fully saturated rings. The van der Waals surface area contributed by atoms with Crippen LogP contribution in [-0.2, 0) is 6.54 Å². The number of hydrogen-bond acceptors (Lipinski definition) is 5. The topological polar surface area (TPSA) is 71.7 Å². The Balaban J connectivity index is 2.35. The van der Waals surface area contributed by atoms with Gasteiger partial charge in [0.25, 0.3) is 0 Å². The number of ether oxygens (including phenoxy) is 1. The molecule has 2 N–H and O–H groups in total. The number of fused-ring (bicyclic) bond motifs is 1. The number of hydrogen-bond donors (Lipinski definition) is 2. The molecule has 1 aromatic heterocycles. The van der Waals surface area contributed by atoms with Gasteiger partial charge in [0, 0.05) is 30.1 Å². The first-order chi connectivity index (χ1) is 9.67. The van der Waals surface area contributed by atoms with Gasteiger partial charge >= 0.3 is 5.63 Å². The van der Waals surface area contributed by atoms with E-state index in [1.807, 2.05) is 19.1 Å². The van der Waals surface area contributed by atoms with Crippen molar-refractivity contribution in [1.82, 2.24) is 5.32 Å². The summed E-state index contributed by atoms with van der Waals surface area (Å²) in [5, 5.41) is 13.3. The van der Waals surface area contributed by atoms with Crippen LogP contribution < -0.4 is 15.7 Å². The Kier molecular flexibility index (Phi) is 4.76. The number of nitrogens with one attached hydrogen (secondary N) is 1. The summed E-state index contributed by atoms with van der Waals surface area (Å²) >= 11 is 0. The molecule has 0 aliphatic heterocycles. The molecule has 1 aromatic carbocycles. The van der Waals surface area contributed by atoms with Crippen molar-refractivity contribution >= 4 is 11.0 Å². The fourth-order valence-electron chi connectivity index (χ4n) is 2.08. The molecule has 5 heteroatoms. The Hall–Kier alpha value is -1.85. The molecule has 0 amide bonds. The van der Waals surface area contributed by atoms with Gasteiger partial charge < -0.3 is 19.6 Å². The summed E-state index contributed by atoms with van der Waals surface area (Å²) in [6, 6.07) is 6.90. The summed E-state index contributed by atoms with van der Waals surface area (Å²) in [5.74, 6) is 0.646. The predicted molar refractivity (Wildman–Crippen MR) is 77.0 cm³/mol. The molecule has 2 aromatic rings. The van der Waals surface area contributed by atoms with Gasteiger partial charge in [-0.05, 0) is 24.1 Å². The number of benzene rings is 1. The van der Waals surface area contributed by atoms with E-state index in [1.54, 1.807) is 13.2 Å². The molecule has 0 saturated carbocycles. The van der Waals surface area contributed by atoms with Crippen LogP contribution in [0.2, 0.25) is 0 Å². The van der Waals surface area contributed by atoms with E-state index >= 15 is 0 Å². The minimum atomic E-state index is -0.389. The molecular formula is C15H19NO4. The molecule has 0 aliphatic rings. The van der Waals surface area contributed by atoms with Gasteiger partial charge in [0.15, 0.2) is 0 Å². The van der Waals surface area contributed by atoms with Crippen LogP contribution in [-0.4, -0.2) is 24.9 Å². The number of rotatable bonds is 6. The van der Waals surface area contributed by atoms with Gasteiger partial charge in [-0.1, -0.05) is 6.92 Å². The second-order valence-electron chi connectivity index (χ2n) is 4.62. The largest absolute Gasteiger partial charge is 0.497 e. The molecule has 5 nitrogen and oxygen atoms in total. The summed E-state index contributed by atoms with van der Waals surface area (Å²) in [6.07, 6.45) is 0.823. The number of methoxy groups -OCH3 is 1. The lowest BCUT2D eigenvalue weighted by Gasteiger charge is -2.14. The summed E-state index contributed by atoms with van der Waals surface area (Å²) < 4.78 is 10.3. The predicted octanol–water partition coefficient (Wildman–Crippen LogP) is 1.66. The maximum Gasteiger partial charge on any atom is 0.336 e. The summed E-state index contributed by atoms with van der Waals surface area (Å²) in [7, 11) is 1.57. The average Bonchev–Trinajstić information content (AvgIpc) is 2.47. The summed E-state index contributed by atoms with van der Waals surface area (Å²) in [6.45, 7) is 2.58. The molecule has 0 aliphatic carbocycles. The zero-order valence-electron chi connectivity index (χ0n) is 11.7. The second kappa shape index (κ2) is 6.54. The van der Waals surface area contributed by atoms with Gasteiger partial charge in [-0.3, -0.25) is 0 Å². The molecular weight excluding hydrogens is 258 g/mol. The molecule has 1 heterocycles. The van der Waals surface area contributed by atoms with Gasteiger partial charge in [0.1, 0.15) is 11.3 Å². The highest BCUT2D eigenvalue weighted by atomic mass is 16.5. The van der Waals surface area contributed by atoms with E-state index < -0.39 is 0 Å². The Bertz CT molecular complexity index is 631. The molecule has 0 unspecified atom stereocenters. The molecule has 2 rings (SSSR count). The highest BCUT2D eigenvalue weighted by Crippen LogP contribution is 2.22. The monoisotopic (exact) mass is 277 g/mol. The smallest absolute Gasteiger partial charge is 0.336 e. The van der Waals surface area contributed by atoms with E-state index in [0.717, 1.165) is 17.4 Å². The molecule has 20 heavy (non-hydrogen) atoms. The maximum absolute atomic E-state index is 11.6. The zero-order chi connectivity index (χ0) is 14.5. The third-order valence-corrected chi connectivity index (χ3v) is 3.33. The first-order valence-corrected chi connectivity index (χ1v) is 6.63. The summed E-state index contributed by atoms with van der Waals surface area (Å²) in [5.41, 5.74) is 0.969. The molecule has 0 radical (unpaired) electrons. The van der Waals surface area contributed by atoms with E-state index in [4.69, 9.17) is 9.15 Å². The zero-order valence-corrected chi connectivity index (χ0v) is 11.7. The standard InChI is InChI=1S/C15H19NO4/c1-3-11(9-17)16-8-10-6-15(18)20-14-7-12(19-2)4-5-13(10)14/h4-7,11,16-17H,3,8-9H2,1-2H3/t11-/m0/s1. The van der Waals surface area contributed by atoms with Gasteiger partial charge in [0.2, 0.25) is 0 Å². The van der Waals surface area contributed by atoms with E-state index in [2.05, 4.69) is 5.32 Å². The lowest BCUT2D eigenvalue weighted by molar-refractivity contribution is 0.238. The lowest BCUT2D eigenvalue weighted by atomic mass is 10.1. The van der Waals surface area contributed by atoms with Crippen LogP contribution in [0.5, 0.6) is 5.75 Å². The Morgan fingerprint density at radius 2 is 2.20 bits per heavy atom. The van der Waals surface area contributed by atoms with Crippen LogP contribution in [0, 0.1) is 0 Å². The molecule has 0 saturated heterocycles. The van der Waals surface area contributed by atoms with Crippen molar-refractivity contribution < 1.29 is 14.3 Å². The van der Waals surface area contributed by atoms with Crippen LogP contribution in [0.1, 0.15) is 18.9 Å². The Morgan fingerprint density at radius 1 is 1.40 bits per heavy atom. The normalized spacial score (nSPS) is 12.6. The molecule has 108 valence electrons. The van der Waals surface area contributed by atoms with Gasteiger partial charge in [-0.2, -0.15) is 0 Å². The maximum atomic E-state index is 11.6. The minimum Gasteiger partial charge on any atom is -0.497 e. The third kappa shape index (κ3) is 3.18. The van der Waals surface area contributed by atoms with Crippen molar-refractivity contribution in [1.29, 1.82) is 0 Å². The van der Waals surface area contributed by atoms with Crippen molar-refractivity contribution in [3.63, 3.8) is 0 Å². The van der Waals surface area contributed by atoms with Crippen LogP contribution in [0.25, 0.3) is 11.0 Å². The first kappa shape index (κ1) is 14.6.